The Labute approximate surface area is 186 Å². The largest absolute Gasteiger partial charge is 0.494 e. The minimum absolute atomic E-state index is 0.111. The van der Waals surface area contributed by atoms with Gasteiger partial charge >= 0.3 is 5.97 Å². The number of carbonyl (C=O) groups is 2. The molecule has 2 heterocycles. The Hall–Kier alpha value is -2.99. The zero-order valence-electron chi connectivity index (χ0n) is 17.7. The van der Waals surface area contributed by atoms with Crippen LogP contribution >= 0.6 is 11.6 Å². The Kier molecular flexibility index (Phi) is 6.18. The number of nitrogens with zero attached hydrogens (tertiary/aromatic N) is 1. The van der Waals surface area contributed by atoms with Crippen molar-refractivity contribution in [2.75, 3.05) is 20.3 Å². The number of carbonyl (C=O) groups excluding carboxylic acids is 2. The second-order valence-electron chi connectivity index (χ2n) is 7.76. The lowest BCUT2D eigenvalue weighted by Gasteiger charge is -2.27. The molecule has 1 aliphatic rings. The van der Waals surface area contributed by atoms with Crippen LogP contribution in [0.3, 0.4) is 0 Å². The first kappa shape index (κ1) is 21.2. The van der Waals surface area contributed by atoms with E-state index in [1.54, 1.807) is 6.07 Å². The van der Waals surface area contributed by atoms with Gasteiger partial charge in [-0.15, -0.1) is 0 Å². The van der Waals surface area contributed by atoms with Crippen LogP contribution < -0.4 is 4.74 Å². The number of aryl methyl sites for hydroxylation is 1. The highest BCUT2D eigenvalue weighted by atomic mass is 35.5. The highest BCUT2D eigenvalue weighted by Crippen LogP contribution is 2.29. The van der Waals surface area contributed by atoms with E-state index in [1.165, 1.54) is 7.11 Å². The number of H-pyrrole nitrogens is 1. The van der Waals surface area contributed by atoms with Crippen molar-refractivity contribution in [2.24, 2.45) is 0 Å². The van der Waals surface area contributed by atoms with E-state index >= 15 is 0 Å². The Morgan fingerprint density at radius 1 is 1.19 bits per heavy atom. The molecule has 0 aliphatic carbocycles. The minimum Gasteiger partial charge on any atom is -0.494 e. The molecular weight excluding hydrogens is 416 g/mol. The first-order valence-electron chi connectivity index (χ1n) is 10.3. The topological polar surface area (TPSA) is 71.6 Å². The maximum Gasteiger partial charge on any atom is 0.337 e. The normalized spacial score (nSPS) is 13.2. The summed E-state index contributed by atoms with van der Waals surface area (Å²) in [6.07, 6.45) is 1.84. The number of benzene rings is 2. The van der Waals surface area contributed by atoms with Gasteiger partial charge in [0.2, 0.25) is 5.91 Å². The fourth-order valence-electron chi connectivity index (χ4n) is 3.95. The second-order valence-corrected chi connectivity index (χ2v) is 8.17. The number of nitrogens with one attached hydrogen (secondary N) is 1. The zero-order valence-corrected chi connectivity index (χ0v) is 18.4. The average molecular weight is 441 g/mol. The van der Waals surface area contributed by atoms with Crippen LogP contribution in [0.25, 0.3) is 10.9 Å². The van der Waals surface area contributed by atoms with E-state index in [0.717, 1.165) is 39.9 Å². The van der Waals surface area contributed by atoms with Crippen LogP contribution in [0.4, 0.5) is 0 Å². The van der Waals surface area contributed by atoms with E-state index in [2.05, 4.69) is 4.98 Å². The maximum atomic E-state index is 12.8. The molecule has 0 spiro atoms. The summed E-state index contributed by atoms with van der Waals surface area (Å²) in [5, 5.41) is 1.68. The number of halogens is 1. The highest BCUT2D eigenvalue weighted by molar-refractivity contribution is 6.31. The summed E-state index contributed by atoms with van der Waals surface area (Å²) in [4.78, 5) is 30.0. The number of hydrogen-bond acceptors (Lipinski definition) is 4. The lowest BCUT2D eigenvalue weighted by Crippen LogP contribution is -2.35. The minimum atomic E-state index is -0.364. The molecule has 0 fully saturated rings. The fourth-order valence-corrected chi connectivity index (χ4v) is 4.07. The Morgan fingerprint density at radius 2 is 2.03 bits per heavy atom. The first-order valence-corrected chi connectivity index (χ1v) is 10.7. The number of methoxy groups -OCH3 is 1. The van der Waals surface area contributed by atoms with Gasteiger partial charge in [-0.2, -0.15) is 0 Å². The molecule has 0 unspecified atom stereocenters. The third-order valence-electron chi connectivity index (χ3n) is 5.68. The summed E-state index contributed by atoms with van der Waals surface area (Å²) in [5.41, 5.74) is 4.65. The molecule has 0 saturated carbocycles. The Bertz CT molecular complexity index is 1140. The molecule has 3 aromatic rings. The summed E-state index contributed by atoms with van der Waals surface area (Å²) in [6.45, 7) is 3.62. The summed E-state index contributed by atoms with van der Waals surface area (Å²) < 4.78 is 10.6. The molecule has 162 valence electrons. The van der Waals surface area contributed by atoms with Gasteiger partial charge in [0.15, 0.2) is 0 Å². The number of esters is 1. The van der Waals surface area contributed by atoms with E-state index in [-0.39, 0.29) is 11.9 Å². The highest BCUT2D eigenvalue weighted by Gasteiger charge is 2.24. The summed E-state index contributed by atoms with van der Waals surface area (Å²) in [5.74, 6) is 0.508. The Balaban J connectivity index is 1.36. The van der Waals surface area contributed by atoms with Gasteiger partial charge < -0.3 is 19.4 Å². The molecule has 0 saturated heterocycles. The molecular formula is C24H25ClN2O4. The van der Waals surface area contributed by atoms with Crippen LogP contribution in [0.2, 0.25) is 5.02 Å². The van der Waals surface area contributed by atoms with Crippen molar-refractivity contribution in [2.45, 2.75) is 32.7 Å². The van der Waals surface area contributed by atoms with Crippen LogP contribution in [-0.2, 0) is 22.5 Å². The van der Waals surface area contributed by atoms with Crippen molar-refractivity contribution in [1.29, 1.82) is 0 Å². The summed E-state index contributed by atoms with van der Waals surface area (Å²) in [6, 6.07) is 11.0. The number of rotatable bonds is 6. The van der Waals surface area contributed by atoms with Crippen molar-refractivity contribution in [3.05, 3.63) is 63.8 Å². The fraction of sp³-hybridized carbons (Fsp3) is 0.333. The molecule has 6 nitrogen and oxygen atoms in total. The van der Waals surface area contributed by atoms with Gasteiger partial charge in [-0.05, 0) is 55.3 Å². The maximum absolute atomic E-state index is 12.8. The van der Waals surface area contributed by atoms with Gasteiger partial charge in [-0.25, -0.2) is 4.79 Å². The molecule has 1 aliphatic heterocycles. The van der Waals surface area contributed by atoms with Crippen LogP contribution in [0.1, 0.15) is 40.0 Å². The van der Waals surface area contributed by atoms with Crippen molar-refractivity contribution in [1.82, 2.24) is 9.88 Å². The zero-order chi connectivity index (χ0) is 22.0. The van der Waals surface area contributed by atoms with E-state index in [1.807, 2.05) is 42.2 Å². The van der Waals surface area contributed by atoms with Crippen molar-refractivity contribution < 1.29 is 19.1 Å². The number of aromatic nitrogens is 1. The van der Waals surface area contributed by atoms with Gasteiger partial charge in [0.25, 0.3) is 0 Å². The third-order valence-corrected chi connectivity index (χ3v) is 6.11. The molecule has 0 atom stereocenters. The molecule has 1 N–H and O–H groups in total. The molecule has 31 heavy (non-hydrogen) atoms. The van der Waals surface area contributed by atoms with Crippen LogP contribution in [0.5, 0.6) is 5.75 Å². The molecule has 0 radical (unpaired) electrons. The van der Waals surface area contributed by atoms with Crippen LogP contribution in [0, 0.1) is 6.92 Å². The molecule has 1 amide bonds. The first-order chi connectivity index (χ1) is 15.0. The van der Waals surface area contributed by atoms with E-state index in [0.29, 0.717) is 43.1 Å². The average Bonchev–Trinajstić information content (AvgIpc) is 3.15. The van der Waals surface area contributed by atoms with Crippen molar-refractivity contribution in [3.8, 4) is 5.75 Å². The second kappa shape index (κ2) is 9.02. The molecule has 0 bridgehead atoms. The molecule has 2 aromatic carbocycles. The van der Waals surface area contributed by atoms with Gasteiger partial charge in [-0.3, -0.25) is 4.79 Å². The number of ether oxygens (including phenoxy) is 2. The van der Waals surface area contributed by atoms with Gasteiger partial charge in [-0.1, -0.05) is 11.6 Å². The molecule has 4 rings (SSSR count). The third kappa shape index (κ3) is 4.54. The van der Waals surface area contributed by atoms with Gasteiger partial charge in [0, 0.05) is 53.1 Å². The smallest absolute Gasteiger partial charge is 0.337 e. The van der Waals surface area contributed by atoms with E-state index in [9.17, 15) is 9.59 Å². The Morgan fingerprint density at radius 3 is 2.81 bits per heavy atom. The lowest BCUT2D eigenvalue weighted by atomic mass is 10.0. The van der Waals surface area contributed by atoms with Gasteiger partial charge in [0.05, 0.1) is 19.3 Å². The predicted octanol–water partition coefficient (Wildman–Crippen LogP) is 4.66. The van der Waals surface area contributed by atoms with Crippen LogP contribution in [0.15, 0.2) is 36.4 Å². The van der Waals surface area contributed by atoms with Crippen molar-refractivity contribution in [3.63, 3.8) is 0 Å². The number of fused-ring (bicyclic) bond motifs is 3. The standard InChI is InChI=1S/C24H25ClN2O4/c1-15-12-17(6-7-20(15)25)31-11-3-4-23(28)27-10-9-22-19(14-27)18-13-16(24(29)30-2)5-8-21(18)26-22/h5-8,12-13,26H,3-4,9-11,14H2,1-2H3. The summed E-state index contributed by atoms with van der Waals surface area (Å²) in [7, 11) is 1.37. The van der Waals surface area contributed by atoms with Crippen LogP contribution in [-0.4, -0.2) is 42.0 Å². The van der Waals surface area contributed by atoms with Crippen molar-refractivity contribution >= 4 is 34.4 Å². The number of hydrogen-bond donors (Lipinski definition) is 1. The number of aromatic amines is 1. The quantitative estimate of drug-likeness (QED) is 0.447. The monoisotopic (exact) mass is 440 g/mol. The SMILES string of the molecule is COC(=O)c1ccc2[nH]c3c(c2c1)CN(C(=O)CCCOc1ccc(Cl)c(C)c1)CC3. The number of amides is 1. The van der Waals surface area contributed by atoms with E-state index < -0.39 is 0 Å². The summed E-state index contributed by atoms with van der Waals surface area (Å²) >= 11 is 6.03. The lowest BCUT2D eigenvalue weighted by molar-refractivity contribution is -0.132. The predicted molar refractivity (Wildman–Crippen MR) is 120 cm³/mol. The van der Waals surface area contributed by atoms with E-state index in [4.69, 9.17) is 21.1 Å². The van der Waals surface area contributed by atoms with Gasteiger partial charge in [0.1, 0.15) is 5.75 Å². The molecule has 1 aromatic heterocycles. The molecule has 7 heteroatoms.